The molecule has 3 nitrogen and oxygen atoms in total. The van der Waals surface area contributed by atoms with E-state index in [2.05, 4.69) is 4.90 Å². The highest BCUT2D eigenvalue weighted by atomic mass is 16.5. The fraction of sp³-hybridized carbons (Fsp3) is 1.00. The molecule has 2 aliphatic rings. The monoisotopic (exact) mass is 187 g/mol. The van der Waals surface area contributed by atoms with Crippen LogP contribution in [0.4, 0.5) is 0 Å². The molecule has 2 heterocycles. The summed E-state index contributed by atoms with van der Waals surface area (Å²) in [6, 6.07) is 0. The van der Waals surface area contributed by atoms with Gasteiger partial charge in [-0.05, 0) is 19.4 Å². The van der Waals surface area contributed by atoms with Crippen LogP contribution in [0.25, 0.3) is 0 Å². The molecule has 2 fully saturated rings. The molecule has 0 aromatic rings. The maximum atomic E-state index is 8.80. The maximum absolute atomic E-state index is 8.80. The van der Waals surface area contributed by atoms with Crippen molar-refractivity contribution in [1.82, 2.24) is 4.90 Å². The van der Waals surface area contributed by atoms with Crippen LogP contribution in [-0.4, -0.2) is 48.5 Å². The Morgan fingerprint density at radius 1 is 1.38 bits per heavy atom. The quantitative estimate of drug-likeness (QED) is 0.696. The summed E-state index contributed by atoms with van der Waals surface area (Å²) < 4.78 is 5.21. The third kappa shape index (κ3) is 2.03. The summed E-state index contributed by atoms with van der Waals surface area (Å²) in [5.74, 6) is 0. The molecule has 1 N–H and O–H groups in total. The van der Waals surface area contributed by atoms with Crippen LogP contribution in [0.5, 0.6) is 0 Å². The van der Waals surface area contributed by atoms with Crippen molar-refractivity contribution in [3.8, 4) is 0 Å². The molecule has 0 aliphatic carbocycles. The minimum atomic E-state index is 0.280. The minimum absolute atomic E-state index is 0.280. The van der Waals surface area contributed by atoms with Crippen LogP contribution in [0.15, 0.2) is 0 Å². The summed E-state index contributed by atoms with van der Waals surface area (Å²) >= 11 is 0. The summed E-state index contributed by atoms with van der Waals surface area (Å²) in [5, 5.41) is 8.80. The number of ether oxygens (including phenoxy) is 1. The Balaban J connectivity index is 0.000000396. The molecular weight excluding hydrogens is 166 g/mol. The first-order valence-corrected chi connectivity index (χ1v) is 5.31. The zero-order valence-corrected chi connectivity index (χ0v) is 8.75. The van der Waals surface area contributed by atoms with Crippen LogP contribution in [0, 0.1) is 0 Å². The van der Waals surface area contributed by atoms with Crippen LogP contribution in [-0.2, 0) is 4.74 Å². The molecule has 2 saturated heterocycles. The first-order chi connectivity index (χ1) is 6.37. The lowest BCUT2D eigenvalue weighted by Crippen LogP contribution is -2.59. The number of aliphatic hydroxyl groups excluding tert-OH is 1. The summed E-state index contributed by atoms with van der Waals surface area (Å²) in [6.07, 6.45) is 2.52. The van der Waals surface area contributed by atoms with Crippen molar-refractivity contribution in [2.75, 3.05) is 32.9 Å². The lowest BCUT2D eigenvalue weighted by molar-refractivity contribution is -0.125. The number of β-amino-alcohol motifs (C(OH)–C–C–N with tert-alkyl or cyclic N) is 1. The van der Waals surface area contributed by atoms with Gasteiger partial charge >= 0.3 is 0 Å². The molecule has 2 rings (SSSR count). The molecule has 0 bridgehead atoms. The van der Waals surface area contributed by atoms with Crippen molar-refractivity contribution in [3.63, 3.8) is 0 Å². The molecule has 2 aliphatic heterocycles. The van der Waals surface area contributed by atoms with E-state index in [0.717, 1.165) is 26.3 Å². The molecule has 1 spiro atoms. The van der Waals surface area contributed by atoms with E-state index in [0.29, 0.717) is 5.54 Å². The van der Waals surface area contributed by atoms with Gasteiger partial charge in [0.05, 0.1) is 25.4 Å². The fourth-order valence-electron chi connectivity index (χ4n) is 2.13. The Hall–Kier alpha value is -0.120. The van der Waals surface area contributed by atoms with Crippen molar-refractivity contribution in [3.05, 3.63) is 0 Å². The van der Waals surface area contributed by atoms with E-state index in [1.165, 1.54) is 12.8 Å². The van der Waals surface area contributed by atoms with Gasteiger partial charge in [0.1, 0.15) is 0 Å². The Labute approximate surface area is 80.7 Å². The Morgan fingerprint density at radius 2 is 2.08 bits per heavy atom. The van der Waals surface area contributed by atoms with E-state index < -0.39 is 0 Å². The van der Waals surface area contributed by atoms with Gasteiger partial charge < -0.3 is 9.84 Å². The summed E-state index contributed by atoms with van der Waals surface area (Å²) in [6.45, 7) is 8.01. The summed E-state index contributed by atoms with van der Waals surface area (Å²) in [7, 11) is 0. The standard InChI is InChI=1S/C8H15NO2.C2H6/c10-5-4-9-3-1-2-8(9)6-11-7-8;1-2/h10H,1-7H2;1-2H3. The summed E-state index contributed by atoms with van der Waals surface area (Å²) in [5.41, 5.74) is 0.336. The lowest BCUT2D eigenvalue weighted by atomic mass is 9.94. The number of nitrogens with zero attached hydrogens (tertiary/aromatic N) is 1. The molecule has 0 aromatic heterocycles. The third-order valence-corrected chi connectivity index (χ3v) is 2.85. The highest BCUT2D eigenvalue weighted by Gasteiger charge is 2.46. The van der Waals surface area contributed by atoms with Crippen molar-refractivity contribution < 1.29 is 9.84 Å². The normalized spacial score (nSPS) is 25.2. The molecule has 0 saturated carbocycles. The van der Waals surface area contributed by atoms with E-state index >= 15 is 0 Å². The van der Waals surface area contributed by atoms with Crippen LogP contribution in [0.1, 0.15) is 26.7 Å². The van der Waals surface area contributed by atoms with E-state index in [-0.39, 0.29) is 6.61 Å². The van der Waals surface area contributed by atoms with Crippen LogP contribution >= 0.6 is 0 Å². The molecule has 13 heavy (non-hydrogen) atoms. The summed E-state index contributed by atoms with van der Waals surface area (Å²) in [4.78, 5) is 2.37. The molecule has 0 atom stereocenters. The minimum Gasteiger partial charge on any atom is -0.395 e. The molecular formula is C10H21NO2. The Bertz CT molecular complexity index is 146. The lowest BCUT2D eigenvalue weighted by Gasteiger charge is -2.45. The molecule has 0 aromatic carbocycles. The van der Waals surface area contributed by atoms with Gasteiger partial charge in [0.15, 0.2) is 0 Å². The van der Waals surface area contributed by atoms with E-state index in [9.17, 15) is 0 Å². The zero-order chi connectivity index (χ0) is 9.73. The first kappa shape index (κ1) is 11.0. The third-order valence-electron chi connectivity index (χ3n) is 2.85. The van der Waals surface area contributed by atoms with E-state index in [1.807, 2.05) is 13.8 Å². The highest BCUT2D eigenvalue weighted by molar-refractivity contribution is 5.00. The van der Waals surface area contributed by atoms with E-state index in [1.54, 1.807) is 0 Å². The molecule has 3 heteroatoms. The first-order valence-electron chi connectivity index (χ1n) is 5.31. The van der Waals surface area contributed by atoms with Crippen molar-refractivity contribution in [2.45, 2.75) is 32.2 Å². The second-order valence-corrected chi connectivity index (χ2v) is 3.53. The predicted octanol–water partition coefficient (Wildman–Crippen LogP) is 0.870. The Kier molecular flexibility index (Phi) is 4.16. The largest absolute Gasteiger partial charge is 0.395 e. The zero-order valence-electron chi connectivity index (χ0n) is 8.75. The number of hydrogen-bond acceptors (Lipinski definition) is 3. The molecule has 0 radical (unpaired) electrons. The van der Waals surface area contributed by atoms with Crippen LogP contribution in [0.3, 0.4) is 0 Å². The van der Waals surface area contributed by atoms with E-state index in [4.69, 9.17) is 9.84 Å². The predicted molar refractivity (Wildman–Crippen MR) is 52.8 cm³/mol. The highest BCUT2D eigenvalue weighted by Crippen LogP contribution is 2.35. The van der Waals surface area contributed by atoms with Gasteiger partial charge in [-0.15, -0.1) is 0 Å². The van der Waals surface area contributed by atoms with Gasteiger partial charge in [0.2, 0.25) is 0 Å². The number of rotatable bonds is 2. The van der Waals surface area contributed by atoms with Gasteiger partial charge in [-0.1, -0.05) is 13.8 Å². The van der Waals surface area contributed by atoms with Crippen LogP contribution in [0.2, 0.25) is 0 Å². The SMILES string of the molecule is CC.OCCN1CCCC12COC2. The van der Waals surface area contributed by atoms with Gasteiger partial charge in [-0.2, -0.15) is 0 Å². The van der Waals surface area contributed by atoms with Gasteiger partial charge in [0, 0.05) is 6.54 Å². The number of hydrogen-bond donors (Lipinski definition) is 1. The fourth-order valence-corrected chi connectivity index (χ4v) is 2.13. The molecule has 0 amide bonds. The number of aliphatic hydroxyl groups is 1. The molecule has 0 unspecified atom stereocenters. The van der Waals surface area contributed by atoms with Gasteiger partial charge in [-0.25, -0.2) is 0 Å². The Morgan fingerprint density at radius 3 is 2.54 bits per heavy atom. The second kappa shape index (κ2) is 4.94. The van der Waals surface area contributed by atoms with Crippen molar-refractivity contribution >= 4 is 0 Å². The average molecular weight is 187 g/mol. The van der Waals surface area contributed by atoms with Gasteiger partial charge in [0.25, 0.3) is 0 Å². The smallest absolute Gasteiger partial charge is 0.0679 e. The van der Waals surface area contributed by atoms with Crippen molar-refractivity contribution in [1.29, 1.82) is 0 Å². The second-order valence-electron chi connectivity index (χ2n) is 3.53. The maximum Gasteiger partial charge on any atom is 0.0679 e. The molecule has 78 valence electrons. The van der Waals surface area contributed by atoms with Crippen molar-refractivity contribution in [2.24, 2.45) is 0 Å². The average Bonchev–Trinajstić information content (AvgIpc) is 2.52. The van der Waals surface area contributed by atoms with Crippen LogP contribution < -0.4 is 0 Å². The number of likely N-dealkylation sites (tertiary alicyclic amines) is 1. The van der Waals surface area contributed by atoms with Gasteiger partial charge in [-0.3, -0.25) is 4.90 Å². The topological polar surface area (TPSA) is 32.7 Å².